The maximum Gasteiger partial charge on any atom is 0.416 e. The predicted octanol–water partition coefficient (Wildman–Crippen LogP) is 5.23. The van der Waals surface area contributed by atoms with E-state index in [1.165, 1.54) is 28.8 Å². The molecule has 2 heterocycles. The number of likely N-dealkylation sites (N-methyl/N-ethyl adjacent to an activating group) is 1. The number of benzene rings is 2. The van der Waals surface area contributed by atoms with Crippen molar-refractivity contribution in [2.45, 2.75) is 30.8 Å². The molecule has 0 N–H and O–H groups in total. The van der Waals surface area contributed by atoms with Gasteiger partial charge >= 0.3 is 12.1 Å². The Bertz CT molecular complexity index is 1210. The SMILES string of the molecule is CCOC(=O)C1CCCN(C(=O)c2ccc3c(c2)N(C)C(=O)C(=Cc2ccc(C(F)(F)F)cc2)S3)C1. The second kappa shape index (κ2) is 10.4. The van der Waals surface area contributed by atoms with Gasteiger partial charge in [-0.25, -0.2) is 0 Å². The molecule has 0 bridgehead atoms. The maximum absolute atomic E-state index is 13.2. The summed E-state index contributed by atoms with van der Waals surface area (Å²) in [6, 6.07) is 9.70. The van der Waals surface area contributed by atoms with Crippen molar-refractivity contribution in [2.24, 2.45) is 5.92 Å². The molecule has 2 amide bonds. The van der Waals surface area contributed by atoms with Gasteiger partial charge in [0.1, 0.15) is 0 Å². The Labute approximate surface area is 211 Å². The third-order valence-corrected chi connectivity index (χ3v) is 7.24. The van der Waals surface area contributed by atoms with E-state index < -0.39 is 11.7 Å². The minimum Gasteiger partial charge on any atom is -0.466 e. The third kappa shape index (κ3) is 5.43. The highest BCUT2D eigenvalue weighted by atomic mass is 32.2. The van der Waals surface area contributed by atoms with Gasteiger partial charge in [0, 0.05) is 30.6 Å². The molecule has 6 nitrogen and oxygen atoms in total. The molecule has 0 aliphatic carbocycles. The number of alkyl halides is 3. The van der Waals surface area contributed by atoms with Crippen LogP contribution in [0.5, 0.6) is 0 Å². The van der Waals surface area contributed by atoms with E-state index in [9.17, 15) is 27.6 Å². The number of hydrogen-bond acceptors (Lipinski definition) is 5. The molecule has 1 fully saturated rings. The van der Waals surface area contributed by atoms with Crippen LogP contribution < -0.4 is 4.90 Å². The third-order valence-electron chi connectivity index (χ3n) is 6.17. The molecule has 36 heavy (non-hydrogen) atoms. The Balaban J connectivity index is 1.53. The number of fused-ring (bicyclic) bond motifs is 1. The van der Waals surface area contributed by atoms with Crippen LogP contribution in [-0.4, -0.2) is 49.4 Å². The molecule has 2 aliphatic rings. The first kappa shape index (κ1) is 25.8. The monoisotopic (exact) mass is 518 g/mol. The largest absolute Gasteiger partial charge is 0.466 e. The van der Waals surface area contributed by atoms with E-state index in [4.69, 9.17) is 4.74 Å². The molecule has 2 aromatic carbocycles. The molecule has 1 saturated heterocycles. The number of rotatable bonds is 4. The quantitative estimate of drug-likeness (QED) is 0.410. The number of amides is 2. The predicted molar refractivity (Wildman–Crippen MR) is 130 cm³/mol. The van der Waals surface area contributed by atoms with Gasteiger partial charge in [0.2, 0.25) is 0 Å². The fourth-order valence-electron chi connectivity index (χ4n) is 4.24. The number of ether oxygens (including phenoxy) is 1. The molecule has 2 aliphatic heterocycles. The summed E-state index contributed by atoms with van der Waals surface area (Å²) in [6.45, 7) is 2.87. The standard InChI is InChI=1S/C26H25F3N2O4S/c1-3-35-25(34)18-5-4-12-31(15-18)23(32)17-8-11-21-20(14-17)30(2)24(33)22(36-21)13-16-6-9-19(10-7-16)26(27,28)29/h6-11,13-14,18H,3-5,12,15H2,1-2H3. The minimum atomic E-state index is -4.43. The van der Waals surface area contributed by atoms with Crippen LogP contribution in [0.3, 0.4) is 0 Å². The van der Waals surface area contributed by atoms with Gasteiger partial charge < -0.3 is 14.5 Å². The highest BCUT2D eigenvalue weighted by Gasteiger charge is 2.32. The Morgan fingerprint density at radius 2 is 1.89 bits per heavy atom. The maximum atomic E-state index is 13.2. The minimum absolute atomic E-state index is 0.219. The van der Waals surface area contributed by atoms with Crippen molar-refractivity contribution in [3.63, 3.8) is 0 Å². The van der Waals surface area contributed by atoms with Crippen molar-refractivity contribution in [1.29, 1.82) is 0 Å². The number of likely N-dealkylation sites (tertiary alicyclic amines) is 1. The number of carbonyl (C=O) groups is 3. The van der Waals surface area contributed by atoms with Gasteiger partial charge in [0.25, 0.3) is 11.8 Å². The first-order chi connectivity index (χ1) is 17.1. The van der Waals surface area contributed by atoms with Crippen molar-refractivity contribution >= 4 is 41.3 Å². The normalized spacial score (nSPS) is 19.3. The van der Waals surface area contributed by atoms with Crippen molar-refractivity contribution in [3.05, 3.63) is 64.1 Å². The Kier molecular flexibility index (Phi) is 7.44. The topological polar surface area (TPSA) is 66.9 Å². The van der Waals surface area contributed by atoms with Crippen LogP contribution in [0.4, 0.5) is 18.9 Å². The van der Waals surface area contributed by atoms with Crippen LogP contribution in [0.2, 0.25) is 0 Å². The van der Waals surface area contributed by atoms with Gasteiger partial charge in [0.15, 0.2) is 0 Å². The molecule has 10 heteroatoms. The van der Waals surface area contributed by atoms with E-state index in [0.717, 1.165) is 17.0 Å². The van der Waals surface area contributed by atoms with Gasteiger partial charge in [0.05, 0.1) is 28.7 Å². The summed E-state index contributed by atoms with van der Waals surface area (Å²) in [5, 5.41) is 0. The summed E-state index contributed by atoms with van der Waals surface area (Å²) in [7, 11) is 1.59. The van der Waals surface area contributed by atoms with E-state index in [0.29, 0.717) is 47.7 Å². The lowest BCUT2D eigenvalue weighted by Gasteiger charge is -2.32. The Morgan fingerprint density at radius 3 is 2.56 bits per heavy atom. The van der Waals surface area contributed by atoms with Crippen LogP contribution in [0, 0.1) is 5.92 Å². The zero-order chi connectivity index (χ0) is 26.0. The van der Waals surface area contributed by atoms with E-state index in [2.05, 4.69) is 0 Å². The van der Waals surface area contributed by atoms with Crippen LogP contribution in [0.1, 0.15) is 41.3 Å². The van der Waals surface area contributed by atoms with Crippen LogP contribution in [-0.2, 0) is 20.5 Å². The zero-order valence-corrected chi connectivity index (χ0v) is 20.6. The van der Waals surface area contributed by atoms with Gasteiger partial charge in [-0.1, -0.05) is 23.9 Å². The molecule has 1 unspecified atom stereocenters. The number of esters is 1. The van der Waals surface area contributed by atoms with Crippen LogP contribution >= 0.6 is 11.8 Å². The number of halogens is 3. The summed E-state index contributed by atoms with van der Waals surface area (Å²) < 4.78 is 43.6. The summed E-state index contributed by atoms with van der Waals surface area (Å²) in [4.78, 5) is 42.5. The molecular formula is C26H25F3N2O4S. The number of nitrogens with zero attached hydrogens (tertiary/aromatic N) is 2. The van der Waals surface area contributed by atoms with E-state index >= 15 is 0 Å². The van der Waals surface area contributed by atoms with Crippen LogP contribution in [0.25, 0.3) is 6.08 Å². The first-order valence-electron chi connectivity index (χ1n) is 11.5. The van der Waals surface area contributed by atoms with Gasteiger partial charge in [-0.05, 0) is 61.7 Å². The lowest BCUT2D eigenvalue weighted by Crippen LogP contribution is -2.43. The van der Waals surface area contributed by atoms with Crippen molar-refractivity contribution in [1.82, 2.24) is 4.90 Å². The number of piperidine rings is 1. The Morgan fingerprint density at radius 1 is 1.17 bits per heavy atom. The van der Waals surface area contributed by atoms with Crippen molar-refractivity contribution in [2.75, 3.05) is 31.6 Å². The van der Waals surface area contributed by atoms with Gasteiger partial charge in [-0.3, -0.25) is 14.4 Å². The molecule has 0 radical (unpaired) electrons. The fraction of sp³-hybridized carbons (Fsp3) is 0.346. The highest BCUT2D eigenvalue weighted by molar-refractivity contribution is 8.04. The van der Waals surface area contributed by atoms with Crippen molar-refractivity contribution < 1.29 is 32.3 Å². The van der Waals surface area contributed by atoms with Crippen LogP contribution in [0.15, 0.2) is 52.3 Å². The van der Waals surface area contributed by atoms with Gasteiger partial charge in [-0.15, -0.1) is 0 Å². The second-order valence-corrected chi connectivity index (χ2v) is 9.70. The smallest absolute Gasteiger partial charge is 0.416 e. The molecule has 0 spiro atoms. The van der Waals surface area contributed by atoms with E-state index in [1.54, 1.807) is 43.1 Å². The molecule has 0 aromatic heterocycles. The first-order valence-corrected chi connectivity index (χ1v) is 12.3. The second-order valence-electron chi connectivity index (χ2n) is 8.62. The zero-order valence-electron chi connectivity index (χ0n) is 19.8. The molecule has 0 saturated carbocycles. The van der Waals surface area contributed by atoms with E-state index in [1.807, 2.05) is 0 Å². The summed E-state index contributed by atoms with van der Waals surface area (Å²) in [5.74, 6) is -1.19. The van der Waals surface area contributed by atoms with E-state index in [-0.39, 0.29) is 30.2 Å². The average Bonchev–Trinajstić information content (AvgIpc) is 2.86. The molecule has 2 aromatic rings. The van der Waals surface area contributed by atoms with Gasteiger partial charge in [-0.2, -0.15) is 13.2 Å². The fourth-order valence-corrected chi connectivity index (χ4v) is 5.34. The molecule has 4 rings (SSSR count). The van der Waals surface area contributed by atoms with Crippen molar-refractivity contribution in [3.8, 4) is 0 Å². The summed E-state index contributed by atoms with van der Waals surface area (Å²) in [5.41, 5.74) is 0.700. The number of anilines is 1. The summed E-state index contributed by atoms with van der Waals surface area (Å²) in [6.07, 6.45) is -1.50. The lowest BCUT2D eigenvalue weighted by atomic mass is 9.97. The Hall–Kier alpha value is -3.27. The molecular weight excluding hydrogens is 493 g/mol. The average molecular weight is 519 g/mol. The lowest BCUT2D eigenvalue weighted by molar-refractivity contribution is -0.149. The number of hydrogen-bond donors (Lipinski definition) is 0. The molecule has 190 valence electrons. The number of carbonyl (C=O) groups excluding carboxylic acids is 3. The highest BCUT2D eigenvalue weighted by Crippen LogP contribution is 2.42. The number of thioether (sulfide) groups is 1. The molecule has 1 atom stereocenters. The summed E-state index contributed by atoms with van der Waals surface area (Å²) >= 11 is 1.20.